The standard InChI is InChI=1S/C16H21N5O2/c1-20-16(17)18-14(19-20)13-8-5-9-21(13)15(23)12(10-22)11-6-3-2-4-7-11/h2-4,6-7,12-13,22H,5,8-10H2,1H3,(H2,17,18,19). The van der Waals surface area contributed by atoms with Crippen LogP contribution in [0.3, 0.4) is 0 Å². The van der Waals surface area contributed by atoms with Crippen molar-refractivity contribution in [3.8, 4) is 0 Å². The summed E-state index contributed by atoms with van der Waals surface area (Å²) < 4.78 is 1.51. The van der Waals surface area contributed by atoms with Crippen molar-refractivity contribution < 1.29 is 9.90 Å². The zero-order valence-corrected chi connectivity index (χ0v) is 13.1. The maximum absolute atomic E-state index is 12.9. The highest BCUT2D eigenvalue weighted by Crippen LogP contribution is 2.33. The maximum Gasteiger partial charge on any atom is 0.233 e. The Kier molecular flexibility index (Phi) is 4.29. The molecule has 7 nitrogen and oxygen atoms in total. The molecule has 122 valence electrons. The van der Waals surface area contributed by atoms with Crippen LogP contribution in [0.5, 0.6) is 0 Å². The molecule has 0 aliphatic carbocycles. The molecule has 1 amide bonds. The van der Waals surface area contributed by atoms with Crippen molar-refractivity contribution in [2.75, 3.05) is 18.9 Å². The number of hydrogen-bond donors (Lipinski definition) is 2. The molecule has 1 aliphatic heterocycles. The van der Waals surface area contributed by atoms with Gasteiger partial charge in [0.1, 0.15) is 0 Å². The van der Waals surface area contributed by atoms with Gasteiger partial charge in [-0.2, -0.15) is 10.1 Å². The summed E-state index contributed by atoms with van der Waals surface area (Å²) in [5, 5.41) is 14.0. The molecule has 1 aromatic carbocycles. The van der Waals surface area contributed by atoms with E-state index in [4.69, 9.17) is 5.73 Å². The zero-order valence-electron chi connectivity index (χ0n) is 13.1. The van der Waals surface area contributed by atoms with Gasteiger partial charge in [-0.1, -0.05) is 30.3 Å². The number of rotatable bonds is 4. The largest absolute Gasteiger partial charge is 0.395 e. The fourth-order valence-corrected chi connectivity index (χ4v) is 3.07. The summed E-state index contributed by atoms with van der Waals surface area (Å²) in [6.45, 7) is 0.425. The molecule has 7 heteroatoms. The molecule has 1 saturated heterocycles. The number of carbonyl (C=O) groups excluding carboxylic acids is 1. The van der Waals surface area contributed by atoms with Crippen molar-refractivity contribution in [1.29, 1.82) is 0 Å². The first-order chi connectivity index (χ1) is 11.1. The van der Waals surface area contributed by atoms with Crippen LogP contribution in [-0.4, -0.2) is 43.8 Å². The minimum Gasteiger partial charge on any atom is -0.395 e. The number of likely N-dealkylation sites (tertiary alicyclic amines) is 1. The highest BCUT2D eigenvalue weighted by atomic mass is 16.3. The summed E-state index contributed by atoms with van der Waals surface area (Å²) in [6, 6.07) is 9.17. The number of aliphatic hydroxyl groups excluding tert-OH is 1. The molecule has 1 fully saturated rings. The van der Waals surface area contributed by atoms with Crippen LogP contribution < -0.4 is 5.73 Å². The van der Waals surface area contributed by atoms with Crippen molar-refractivity contribution in [2.24, 2.45) is 7.05 Å². The predicted molar refractivity (Wildman–Crippen MR) is 85.4 cm³/mol. The van der Waals surface area contributed by atoms with Gasteiger partial charge in [0, 0.05) is 13.6 Å². The van der Waals surface area contributed by atoms with Gasteiger partial charge in [0.2, 0.25) is 11.9 Å². The average molecular weight is 315 g/mol. The summed E-state index contributed by atoms with van der Waals surface area (Å²) in [7, 11) is 1.73. The Labute approximate surface area is 134 Å². The molecule has 2 aromatic rings. The topological polar surface area (TPSA) is 97.3 Å². The second-order valence-electron chi connectivity index (χ2n) is 5.79. The van der Waals surface area contributed by atoms with E-state index in [9.17, 15) is 9.90 Å². The van der Waals surface area contributed by atoms with Crippen molar-refractivity contribution in [3.63, 3.8) is 0 Å². The summed E-state index contributed by atoms with van der Waals surface area (Å²) >= 11 is 0. The Bertz CT molecular complexity index is 666. The molecule has 0 saturated carbocycles. The first kappa shape index (κ1) is 15.5. The highest BCUT2D eigenvalue weighted by Gasteiger charge is 2.36. The van der Waals surface area contributed by atoms with Gasteiger partial charge in [-0.25, -0.2) is 4.68 Å². The second kappa shape index (κ2) is 6.37. The molecule has 0 spiro atoms. The van der Waals surface area contributed by atoms with Gasteiger partial charge >= 0.3 is 0 Å². The lowest BCUT2D eigenvalue weighted by atomic mass is 9.98. The van der Waals surface area contributed by atoms with Crippen LogP contribution >= 0.6 is 0 Å². The molecule has 1 aromatic heterocycles. The minimum atomic E-state index is -0.558. The SMILES string of the molecule is Cn1nc(C2CCCN2C(=O)C(CO)c2ccccc2)nc1N. The smallest absolute Gasteiger partial charge is 0.233 e. The number of nitrogen functional groups attached to an aromatic ring is 1. The highest BCUT2D eigenvalue weighted by molar-refractivity contribution is 5.84. The second-order valence-corrected chi connectivity index (χ2v) is 5.79. The quantitative estimate of drug-likeness (QED) is 0.871. The number of carbonyl (C=O) groups is 1. The number of aryl methyl sites for hydroxylation is 1. The molecule has 1 aliphatic rings. The molecule has 0 radical (unpaired) electrons. The number of aromatic nitrogens is 3. The Morgan fingerprint density at radius 1 is 1.43 bits per heavy atom. The molecule has 3 rings (SSSR count). The third kappa shape index (κ3) is 2.92. The molecule has 2 heterocycles. The molecular weight excluding hydrogens is 294 g/mol. The lowest BCUT2D eigenvalue weighted by Crippen LogP contribution is -2.36. The van der Waals surface area contributed by atoms with E-state index in [2.05, 4.69) is 10.1 Å². The van der Waals surface area contributed by atoms with Gasteiger partial charge in [0.25, 0.3) is 0 Å². The summed E-state index contributed by atoms with van der Waals surface area (Å²) in [6.07, 6.45) is 1.70. The number of nitrogens with two attached hydrogens (primary N) is 1. The van der Waals surface area contributed by atoms with Crippen LogP contribution in [0.4, 0.5) is 5.95 Å². The van der Waals surface area contributed by atoms with Gasteiger partial charge in [0.15, 0.2) is 5.82 Å². The van der Waals surface area contributed by atoms with Crippen LogP contribution in [0.1, 0.15) is 36.2 Å². The minimum absolute atomic E-state index is 0.0905. The van der Waals surface area contributed by atoms with Crippen molar-refractivity contribution >= 4 is 11.9 Å². The number of amides is 1. The number of anilines is 1. The van der Waals surface area contributed by atoms with E-state index in [1.807, 2.05) is 30.3 Å². The molecule has 3 N–H and O–H groups in total. The Morgan fingerprint density at radius 3 is 2.78 bits per heavy atom. The van der Waals surface area contributed by atoms with Crippen molar-refractivity contribution in [2.45, 2.75) is 24.8 Å². The summed E-state index contributed by atoms with van der Waals surface area (Å²) in [4.78, 5) is 18.9. The zero-order chi connectivity index (χ0) is 16.4. The van der Waals surface area contributed by atoms with E-state index in [0.29, 0.717) is 18.3 Å². The van der Waals surface area contributed by atoms with E-state index in [-0.39, 0.29) is 18.6 Å². The van der Waals surface area contributed by atoms with E-state index >= 15 is 0 Å². The fraction of sp³-hybridized carbons (Fsp3) is 0.438. The third-order valence-corrected chi connectivity index (χ3v) is 4.33. The van der Waals surface area contributed by atoms with Gasteiger partial charge in [-0.15, -0.1) is 0 Å². The number of hydrogen-bond acceptors (Lipinski definition) is 5. The molecule has 2 unspecified atom stereocenters. The van der Waals surface area contributed by atoms with Crippen LogP contribution in [0, 0.1) is 0 Å². The van der Waals surface area contributed by atoms with Crippen LogP contribution in [0.25, 0.3) is 0 Å². The van der Waals surface area contributed by atoms with Gasteiger partial charge in [-0.05, 0) is 18.4 Å². The molecule has 23 heavy (non-hydrogen) atoms. The predicted octanol–water partition coefficient (Wildman–Crippen LogP) is 0.837. The van der Waals surface area contributed by atoms with E-state index in [1.165, 1.54) is 4.68 Å². The average Bonchev–Trinajstić information content (AvgIpc) is 3.16. The normalized spacial score (nSPS) is 19.0. The molecular formula is C16H21N5O2. The van der Waals surface area contributed by atoms with Crippen LogP contribution in [-0.2, 0) is 11.8 Å². The van der Waals surface area contributed by atoms with Crippen molar-refractivity contribution in [1.82, 2.24) is 19.7 Å². The Balaban J connectivity index is 1.85. The van der Waals surface area contributed by atoms with Crippen molar-refractivity contribution in [3.05, 3.63) is 41.7 Å². The Morgan fingerprint density at radius 2 is 2.17 bits per heavy atom. The third-order valence-electron chi connectivity index (χ3n) is 4.33. The molecule has 2 atom stereocenters. The van der Waals surface area contributed by atoms with E-state index in [1.54, 1.807) is 11.9 Å². The monoisotopic (exact) mass is 315 g/mol. The lowest BCUT2D eigenvalue weighted by molar-refractivity contribution is -0.134. The van der Waals surface area contributed by atoms with Gasteiger partial charge < -0.3 is 15.7 Å². The first-order valence-electron chi connectivity index (χ1n) is 7.74. The van der Waals surface area contributed by atoms with Gasteiger partial charge in [-0.3, -0.25) is 4.79 Å². The molecule has 0 bridgehead atoms. The van der Waals surface area contributed by atoms with Gasteiger partial charge in [0.05, 0.1) is 18.6 Å². The number of aliphatic hydroxyl groups is 1. The fourth-order valence-electron chi connectivity index (χ4n) is 3.07. The number of nitrogens with zero attached hydrogens (tertiary/aromatic N) is 4. The lowest BCUT2D eigenvalue weighted by Gasteiger charge is -2.26. The summed E-state index contributed by atoms with van der Waals surface area (Å²) in [5.74, 6) is 0.256. The first-order valence-corrected chi connectivity index (χ1v) is 7.74. The van der Waals surface area contributed by atoms with Crippen LogP contribution in [0.15, 0.2) is 30.3 Å². The maximum atomic E-state index is 12.9. The van der Waals surface area contributed by atoms with Crippen LogP contribution in [0.2, 0.25) is 0 Å². The van der Waals surface area contributed by atoms with E-state index in [0.717, 1.165) is 18.4 Å². The summed E-state index contributed by atoms with van der Waals surface area (Å²) in [5.41, 5.74) is 6.57. The Hall–Kier alpha value is -2.41. The number of benzene rings is 1. The van der Waals surface area contributed by atoms with E-state index < -0.39 is 5.92 Å².